The third-order valence-electron chi connectivity index (χ3n) is 2.39. The maximum Gasteiger partial charge on any atom is 0.223 e. The molecule has 1 aromatic carbocycles. The molecule has 0 bridgehead atoms. The lowest BCUT2D eigenvalue weighted by atomic mass is 10.2. The highest BCUT2D eigenvalue weighted by Crippen LogP contribution is 2.28. The van der Waals surface area contributed by atoms with Crippen molar-refractivity contribution in [2.75, 3.05) is 12.4 Å². The molecule has 0 saturated heterocycles. The first-order chi connectivity index (χ1) is 8.69. The molecule has 0 spiro atoms. The summed E-state index contributed by atoms with van der Waals surface area (Å²) in [4.78, 5) is 8.57. The molecule has 3 nitrogen and oxygen atoms in total. The summed E-state index contributed by atoms with van der Waals surface area (Å²) >= 11 is 5.17. The van der Waals surface area contributed by atoms with Gasteiger partial charge in [0, 0.05) is 19.0 Å². The predicted octanol–water partition coefficient (Wildman–Crippen LogP) is 3.88. The van der Waals surface area contributed by atoms with Gasteiger partial charge in [0.1, 0.15) is 5.03 Å². The third-order valence-corrected chi connectivity index (χ3v) is 4.30. The van der Waals surface area contributed by atoms with Crippen LogP contribution in [0.2, 0.25) is 0 Å². The Morgan fingerprint density at radius 1 is 1.39 bits per heavy atom. The molecule has 0 amide bonds. The zero-order chi connectivity index (χ0) is 13.0. The highest BCUT2D eigenvalue weighted by molar-refractivity contribution is 9.10. The number of anilines is 1. The first-order valence-corrected chi connectivity index (χ1v) is 7.35. The number of hydrogen-bond acceptors (Lipinski definition) is 4. The summed E-state index contributed by atoms with van der Waals surface area (Å²) in [6.07, 6.45) is 1.78. The van der Waals surface area contributed by atoms with E-state index >= 15 is 0 Å². The highest BCUT2D eigenvalue weighted by atomic mass is 79.9. The fourth-order valence-corrected chi connectivity index (χ4v) is 2.89. The van der Waals surface area contributed by atoms with Crippen molar-refractivity contribution in [3.8, 4) is 0 Å². The van der Waals surface area contributed by atoms with Gasteiger partial charge in [0.05, 0.1) is 4.47 Å². The van der Waals surface area contributed by atoms with Crippen LogP contribution >= 0.6 is 27.7 Å². The second kappa shape index (κ2) is 6.20. The van der Waals surface area contributed by atoms with Crippen LogP contribution in [0.5, 0.6) is 0 Å². The van der Waals surface area contributed by atoms with E-state index in [1.165, 1.54) is 11.1 Å². The maximum absolute atomic E-state index is 4.42. The molecule has 0 fully saturated rings. The lowest BCUT2D eigenvalue weighted by Gasteiger charge is -2.06. The molecule has 1 heterocycles. The first-order valence-electron chi connectivity index (χ1n) is 5.57. The van der Waals surface area contributed by atoms with Crippen molar-refractivity contribution in [2.45, 2.75) is 17.7 Å². The fraction of sp³-hybridized carbons (Fsp3) is 0.231. The van der Waals surface area contributed by atoms with Crippen LogP contribution in [0.4, 0.5) is 5.95 Å². The van der Waals surface area contributed by atoms with Gasteiger partial charge in [-0.3, -0.25) is 0 Å². The molecule has 2 aromatic rings. The molecule has 0 saturated carbocycles. The Labute approximate surface area is 120 Å². The van der Waals surface area contributed by atoms with Crippen LogP contribution < -0.4 is 5.32 Å². The summed E-state index contributed by atoms with van der Waals surface area (Å²) < 4.78 is 0.930. The van der Waals surface area contributed by atoms with Gasteiger partial charge in [0.2, 0.25) is 5.95 Å². The van der Waals surface area contributed by atoms with Gasteiger partial charge in [-0.05, 0) is 28.4 Å². The molecule has 0 atom stereocenters. The number of halogens is 1. The summed E-state index contributed by atoms with van der Waals surface area (Å²) in [6, 6.07) is 8.52. The van der Waals surface area contributed by atoms with E-state index < -0.39 is 0 Å². The zero-order valence-corrected chi connectivity index (χ0v) is 12.7. The van der Waals surface area contributed by atoms with E-state index in [0.29, 0.717) is 5.95 Å². The van der Waals surface area contributed by atoms with E-state index in [4.69, 9.17) is 0 Å². The number of rotatable bonds is 4. The summed E-state index contributed by atoms with van der Waals surface area (Å²) in [7, 11) is 1.82. The number of aryl methyl sites for hydroxylation is 1. The molecule has 2 rings (SSSR count). The van der Waals surface area contributed by atoms with Gasteiger partial charge in [0.25, 0.3) is 0 Å². The van der Waals surface area contributed by atoms with Crippen LogP contribution in [0.1, 0.15) is 11.1 Å². The molecule has 94 valence electrons. The van der Waals surface area contributed by atoms with Gasteiger partial charge in [-0.15, -0.1) is 11.8 Å². The zero-order valence-electron chi connectivity index (χ0n) is 10.3. The van der Waals surface area contributed by atoms with Gasteiger partial charge >= 0.3 is 0 Å². The molecule has 1 aromatic heterocycles. The van der Waals surface area contributed by atoms with Crippen molar-refractivity contribution in [3.63, 3.8) is 0 Å². The monoisotopic (exact) mass is 323 g/mol. The highest BCUT2D eigenvalue weighted by Gasteiger charge is 2.05. The molecular weight excluding hydrogens is 310 g/mol. The number of thioether (sulfide) groups is 1. The standard InChI is InChI=1S/C13H14BrN3S/c1-9-4-3-5-10(6-9)8-18-12-11(14)7-16-13(15-2)17-12/h3-7H,8H2,1-2H3,(H,15,16,17). The normalized spacial score (nSPS) is 10.4. The van der Waals surface area contributed by atoms with Crippen LogP contribution in [0.25, 0.3) is 0 Å². The molecule has 0 radical (unpaired) electrons. The number of nitrogens with zero attached hydrogens (tertiary/aromatic N) is 2. The van der Waals surface area contributed by atoms with Crippen LogP contribution in [0, 0.1) is 6.92 Å². The average molecular weight is 324 g/mol. The SMILES string of the molecule is CNc1ncc(Br)c(SCc2cccc(C)c2)n1. The second-order valence-electron chi connectivity index (χ2n) is 3.87. The van der Waals surface area contributed by atoms with E-state index in [9.17, 15) is 0 Å². The third kappa shape index (κ3) is 3.46. The van der Waals surface area contributed by atoms with Crippen LogP contribution in [-0.4, -0.2) is 17.0 Å². The second-order valence-corrected chi connectivity index (χ2v) is 5.69. The summed E-state index contributed by atoms with van der Waals surface area (Å²) in [6.45, 7) is 2.11. The number of benzene rings is 1. The first kappa shape index (κ1) is 13.4. The van der Waals surface area contributed by atoms with E-state index in [1.807, 2.05) is 7.05 Å². The quantitative estimate of drug-likeness (QED) is 0.684. The smallest absolute Gasteiger partial charge is 0.223 e. The van der Waals surface area contributed by atoms with Gasteiger partial charge < -0.3 is 5.32 Å². The topological polar surface area (TPSA) is 37.8 Å². The Morgan fingerprint density at radius 2 is 2.22 bits per heavy atom. The Bertz CT molecular complexity index is 546. The van der Waals surface area contributed by atoms with Crippen molar-refractivity contribution in [1.82, 2.24) is 9.97 Å². The largest absolute Gasteiger partial charge is 0.357 e. The van der Waals surface area contributed by atoms with Crippen LogP contribution in [0.15, 0.2) is 40.0 Å². The molecule has 0 unspecified atom stereocenters. The molecule has 0 aliphatic heterocycles. The van der Waals surface area contributed by atoms with Crippen LogP contribution in [0.3, 0.4) is 0 Å². The van der Waals surface area contributed by atoms with E-state index in [2.05, 4.69) is 62.4 Å². The Morgan fingerprint density at radius 3 is 2.94 bits per heavy atom. The lowest BCUT2D eigenvalue weighted by molar-refractivity contribution is 1.02. The van der Waals surface area contributed by atoms with Crippen molar-refractivity contribution in [2.24, 2.45) is 0 Å². The van der Waals surface area contributed by atoms with Crippen molar-refractivity contribution in [1.29, 1.82) is 0 Å². The van der Waals surface area contributed by atoms with Crippen molar-refractivity contribution in [3.05, 3.63) is 46.1 Å². The van der Waals surface area contributed by atoms with Crippen LogP contribution in [-0.2, 0) is 5.75 Å². The predicted molar refractivity (Wildman–Crippen MR) is 80.0 cm³/mol. The minimum atomic E-state index is 0.643. The van der Waals surface area contributed by atoms with Crippen molar-refractivity contribution >= 4 is 33.6 Å². The molecule has 18 heavy (non-hydrogen) atoms. The Hall–Kier alpha value is -1.07. The number of aromatic nitrogens is 2. The summed E-state index contributed by atoms with van der Waals surface area (Å²) in [5, 5.41) is 3.90. The summed E-state index contributed by atoms with van der Waals surface area (Å²) in [5.74, 6) is 1.55. The number of hydrogen-bond donors (Lipinski definition) is 1. The Balaban J connectivity index is 2.10. The Kier molecular flexibility index (Phi) is 4.60. The van der Waals surface area contributed by atoms with Gasteiger partial charge in [-0.25, -0.2) is 9.97 Å². The minimum Gasteiger partial charge on any atom is -0.357 e. The average Bonchev–Trinajstić information content (AvgIpc) is 2.38. The molecule has 0 aliphatic rings. The van der Waals surface area contributed by atoms with E-state index in [1.54, 1.807) is 18.0 Å². The fourth-order valence-electron chi connectivity index (χ4n) is 1.53. The molecule has 5 heteroatoms. The van der Waals surface area contributed by atoms with Gasteiger partial charge in [0.15, 0.2) is 0 Å². The van der Waals surface area contributed by atoms with Gasteiger partial charge in [-0.2, -0.15) is 0 Å². The maximum atomic E-state index is 4.42. The summed E-state index contributed by atoms with van der Waals surface area (Å²) in [5.41, 5.74) is 2.59. The van der Waals surface area contributed by atoms with E-state index in [-0.39, 0.29) is 0 Å². The van der Waals surface area contributed by atoms with Gasteiger partial charge in [-0.1, -0.05) is 29.8 Å². The van der Waals surface area contributed by atoms with Crippen molar-refractivity contribution < 1.29 is 0 Å². The number of nitrogens with one attached hydrogen (secondary N) is 1. The molecular formula is C13H14BrN3S. The minimum absolute atomic E-state index is 0.643. The van der Waals surface area contributed by atoms with E-state index in [0.717, 1.165) is 15.3 Å². The molecule has 1 N–H and O–H groups in total. The lowest BCUT2D eigenvalue weighted by Crippen LogP contribution is -1.97. The molecule has 0 aliphatic carbocycles.